The molecule has 0 bridgehead atoms. The van der Waals surface area contributed by atoms with Gasteiger partial charge in [-0.1, -0.05) is 18.2 Å². The molecule has 3 rings (SSSR count). The van der Waals surface area contributed by atoms with Crippen molar-refractivity contribution in [1.29, 1.82) is 0 Å². The lowest BCUT2D eigenvalue weighted by molar-refractivity contribution is -0.121. The van der Waals surface area contributed by atoms with E-state index in [-0.39, 0.29) is 18.1 Å². The maximum Gasteiger partial charge on any atom is 0.224 e. The maximum atomic E-state index is 11.9. The number of amides is 1. The van der Waals surface area contributed by atoms with Crippen LogP contribution in [0.25, 0.3) is 0 Å². The number of hydrogen-bond donors (Lipinski definition) is 2. The average molecular weight is 245 g/mol. The van der Waals surface area contributed by atoms with Gasteiger partial charge in [0.1, 0.15) is 0 Å². The zero-order chi connectivity index (χ0) is 12.6. The first-order valence-electron chi connectivity index (χ1n) is 6.73. The van der Waals surface area contributed by atoms with Crippen LogP contribution in [0.15, 0.2) is 18.2 Å². The third-order valence-electron chi connectivity index (χ3n) is 4.09. The van der Waals surface area contributed by atoms with Gasteiger partial charge in [0.05, 0.1) is 18.6 Å². The van der Waals surface area contributed by atoms with Crippen LogP contribution in [0, 0.1) is 0 Å². The highest BCUT2D eigenvalue weighted by Crippen LogP contribution is 2.34. The quantitative estimate of drug-likeness (QED) is 0.841. The summed E-state index contributed by atoms with van der Waals surface area (Å²) in [6, 6.07) is 6.38. The first-order valence-corrected chi connectivity index (χ1v) is 6.73. The van der Waals surface area contributed by atoms with Gasteiger partial charge < -0.3 is 10.4 Å². The Morgan fingerprint density at radius 1 is 1.28 bits per heavy atom. The number of nitrogens with one attached hydrogen (secondary N) is 1. The monoisotopic (exact) mass is 245 g/mol. The average Bonchev–Trinajstić information content (AvgIpc) is 2.97. The molecule has 1 aromatic rings. The maximum absolute atomic E-state index is 11.9. The molecule has 1 fully saturated rings. The van der Waals surface area contributed by atoms with E-state index in [1.165, 1.54) is 24.0 Å². The van der Waals surface area contributed by atoms with Crippen LogP contribution < -0.4 is 5.32 Å². The Balaban J connectivity index is 1.64. The summed E-state index contributed by atoms with van der Waals surface area (Å²) in [6.07, 6.45) is 5.79. The van der Waals surface area contributed by atoms with Crippen LogP contribution in [0.3, 0.4) is 0 Å². The lowest BCUT2D eigenvalue weighted by Gasteiger charge is -2.14. The van der Waals surface area contributed by atoms with Crippen LogP contribution in [-0.2, 0) is 24.1 Å². The molecule has 1 aromatic carbocycles. The number of fused-ring (bicyclic) bond motifs is 1. The third kappa shape index (κ3) is 2.27. The summed E-state index contributed by atoms with van der Waals surface area (Å²) >= 11 is 0. The van der Waals surface area contributed by atoms with Crippen LogP contribution in [0.5, 0.6) is 0 Å². The molecule has 96 valence electrons. The summed E-state index contributed by atoms with van der Waals surface area (Å²) in [6.45, 7) is 0.0585. The highest BCUT2D eigenvalue weighted by atomic mass is 16.3. The normalized spacial score (nSPS) is 19.4. The molecule has 2 aliphatic rings. The lowest BCUT2D eigenvalue weighted by atomic mass is 10.0. The number of hydrogen-bond acceptors (Lipinski definition) is 2. The zero-order valence-electron chi connectivity index (χ0n) is 10.5. The van der Waals surface area contributed by atoms with Gasteiger partial charge in [-0.25, -0.2) is 0 Å². The van der Waals surface area contributed by atoms with E-state index in [9.17, 15) is 9.90 Å². The highest BCUT2D eigenvalue weighted by molar-refractivity contribution is 5.79. The van der Waals surface area contributed by atoms with Crippen molar-refractivity contribution in [2.75, 3.05) is 6.61 Å². The molecule has 0 unspecified atom stereocenters. The minimum Gasteiger partial charge on any atom is -0.394 e. The summed E-state index contributed by atoms with van der Waals surface area (Å²) in [7, 11) is 0. The molecule has 2 N–H and O–H groups in total. The van der Waals surface area contributed by atoms with Gasteiger partial charge in [0.2, 0.25) is 5.91 Å². The van der Waals surface area contributed by atoms with Gasteiger partial charge in [-0.2, -0.15) is 0 Å². The molecule has 2 aliphatic carbocycles. The predicted molar refractivity (Wildman–Crippen MR) is 69.4 cm³/mol. The molecule has 0 radical (unpaired) electrons. The van der Waals surface area contributed by atoms with Crippen molar-refractivity contribution >= 4 is 5.91 Å². The van der Waals surface area contributed by atoms with Gasteiger partial charge in [-0.3, -0.25) is 4.79 Å². The molecule has 0 atom stereocenters. The molecule has 3 heteroatoms. The number of rotatable bonds is 4. The molecule has 1 amide bonds. The van der Waals surface area contributed by atoms with Gasteiger partial charge in [-0.05, 0) is 48.8 Å². The molecule has 1 saturated carbocycles. The Kier molecular flexibility index (Phi) is 2.86. The van der Waals surface area contributed by atoms with Gasteiger partial charge in [0.15, 0.2) is 0 Å². The summed E-state index contributed by atoms with van der Waals surface area (Å²) in [5.41, 5.74) is 3.63. The minimum absolute atomic E-state index is 0.0273. The van der Waals surface area contributed by atoms with Crippen molar-refractivity contribution in [3.05, 3.63) is 34.9 Å². The first-order chi connectivity index (χ1) is 8.71. The largest absolute Gasteiger partial charge is 0.394 e. The van der Waals surface area contributed by atoms with E-state index in [1.807, 2.05) is 0 Å². The SMILES string of the molecule is O=C(Cc1ccc2c(c1)CCC2)NC1(CO)CC1. The summed E-state index contributed by atoms with van der Waals surface area (Å²) in [5, 5.41) is 12.1. The molecule has 0 heterocycles. The second-order valence-corrected chi connectivity index (χ2v) is 5.62. The molecular weight excluding hydrogens is 226 g/mol. The van der Waals surface area contributed by atoms with Gasteiger partial charge in [0.25, 0.3) is 0 Å². The minimum atomic E-state index is -0.298. The summed E-state index contributed by atoms with van der Waals surface area (Å²) in [5.74, 6) is 0.0273. The fourth-order valence-corrected chi connectivity index (χ4v) is 2.73. The molecule has 0 aliphatic heterocycles. The molecule has 0 spiro atoms. The third-order valence-corrected chi connectivity index (χ3v) is 4.09. The molecule has 3 nitrogen and oxygen atoms in total. The topological polar surface area (TPSA) is 49.3 Å². The molecule has 0 aromatic heterocycles. The van der Waals surface area contributed by atoms with Crippen molar-refractivity contribution < 1.29 is 9.90 Å². The van der Waals surface area contributed by atoms with E-state index in [0.717, 1.165) is 24.8 Å². The standard InChI is InChI=1S/C15H19NO2/c17-10-15(6-7-15)16-14(18)9-11-4-5-12-2-1-3-13(12)8-11/h4-5,8,17H,1-3,6-7,9-10H2,(H,16,18). The Morgan fingerprint density at radius 2 is 2.06 bits per heavy atom. The fraction of sp³-hybridized carbons (Fsp3) is 0.533. The van der Waals surface area contributed by atoms with E-state index >= 15 is 0 Å². The lowest BCUT2D eigenvalue weighted by Crippen LogP contribution is -2.40. The number of carbonyl (C=O) groups excluding carboxylic acids is 1. The highest BCUT2D eigenvalue weighted by Gasteiger charge is 2.43. The fourth-order valence-electron chi connectivity index (χ4n) is 2.73. The van der Waals surface area contributed by atoms with E-state index in [2.05, 4.69) is 23.5 Å². The van der Waals surface area contributed by atoms with Crippen molar-refractivity contribution in [1.82, 2.24) is 5.32 Å². The summed E-state index contributed by atoms with van der Waals surface area (Å²) < 4.78 is 0. The van der Waals surface area contributed by atoms with E-state index in [4.69, 9.17) is 0 Å². The number of carbonyl (C=O) groups is 1. The van der Waals surface area contributed by atoms with Crippen LogP contribution in [-0.4, -0.2) is 23.2 Å². The Bertz CT molecular complexity index is 477. The molecular formula is C15H19NO2. The van der Waals surface area contributed by atoms with Crippen LogP contribution in [0.2, 0.25) is 0 Å². The van der Waals surface area contributed by atoms with Crippen LogP contribution in [0.1, 0.15) is 36.0 Å². The Hall–Kier alpha value is -1.35. The zero-order valence-corrected chi connectivity index (χ0v) is 10.5. The Morgan fingerprint density at radius 3 is 2.78 bits per heavy atom. The summed E-state index contributed by atoms with van der Waals surface area (Å²) in [4.78, 5) is 11.9. The first kappa shape index (κ1) is 11.7. The van der Waals surface area contributed by atoms with E-state index in [1.54, 1.807) is 0 Å². The Labute approximate surface area is 107 Å². The van der Waals surface area contributed by atoms with Gasteiger partial charge in [-0.15, -0.1) is 0 Å². The van der Waals surface area contributed by atoms with E-state index < -0.39 is 0 Å². The molecule has 18 heavy (non-hydrogen) atoms. The number of aryl methyl sites for hydroxylation is 2. The van der Waals surface area contributed by atoms with Crippen molar-refractivity contribution in [2.24, 2.45) is 0 Å². The molecule has 0 saturated heterocycles. The van der Waals surface area contributed by atoms with Crippen LogP contribution >= 0.6 is 0 Å². The number of benzene rings is 1. The number of aliphatic hydroxyl groups is 1. The second kappa shape index (κ2) is 4.39. The van der Waals surface area contributed by atoms with Gasteiger partial charge >= 0.3 is 0 Å². The van der Waals surface area contributed by atoms with Crippen molar-refractivity contribution in [3.8, 4) is 0 Å². The van der Waals surface area contributed by atoms with Gasteiger partial charge in [0, 0.05) is 0 Å². The predicted octanol–water partition coefficient (Wildman–Crippen LogP) is 1.36. The second-order valence-electron chi connectivity index (χ2n) is 5.62. The smallest absolute Gasteiger partial charge is 0.224 e. The van der Waals surface area contributed by atoms with Crippen molar-refractivity contribution in [3.63, 3.8) is 0 Å². The van der Waals surface area contributed by atoms with E-state index in [0.29, 0.717) is 6.42 Å². The number of aliphatic hydroxyl groups excluding tert-OH is 1. The van der Waals surface area contributed by atoms with Crippen LogP contribution in [0.4, 0.5) is 0 Å². The van der Waals surface area contributed by atoms with Crippen molar-refractivity contribution in [2.45, 2.75) is 44.1 Å².